The van der Waals surface area contributed by atoms with Crippen LogP contribution >= 0.6 is 0 Å². The number of anilines is 2. The maximum Gasteiger partial charge on any atom is 0.326 e. The number of rotatable bonds is 5. The van der Waals surface area contributed by atoms with Gasteiger partial charge in [-0.05, 0) is 36.6 Å². The summed E-state index contributed by atoms with van der Waals surface area (Å²) in [5.74, 6) is 0.576. The molecule has 0 spiro atoms. The molecule has 0 heterocycles. The van der Waals surface area contributed by atoms with E-state index in [0.29, 0.717) is 12.5 Å². The molecule has 0 aromatic heterocycles. The van der Waals surface area contributed by atoms with Gasteiger partial charge in [0.15, 0.2) is 0 Å². The number of nitrogens with one attached hydrogen (secondary N) is 1. The van der Waals surface area contributed by atoms with Crippen molar-refractivity contribution < 1.29 is 4.79 Å². The number of amides is 2. The summed E-state index contributed by atoms with van der Waals surface area (Å²) in [6.07, 6.45) is 0.975. The minimum absolute atomic E-state index is 0.0898. The van der Waals surface area contributed by atoms with Gasteiger partial charge in [0.25, 0.3) is 0 Å². The zero-order chi connectivity index (χ0) is 15.1. The van der Waals surface area contributed by atoms with Crippen molar-refractivity contribution in [3.05, 3.63) is 60.7 Å². The molecule has 0 aliphatic heterocycles. The molecule has 2 aromatic rings. The molecule has 0 aliphatic rings. The van der Waals surface area contributed by atoms with Crippen LogP contribution in [0.15, 0.2) is 60.7 Å². The number of hydrogen-bond donors (Lipinski definition) is 1. The van der Waals surface area contributed by atoms with Gasteiger partial charge in [-0.25, -0.2) is 4.79 Å². The Balaban J connectivity index is 2.19. The molecule has 0 saturated carbocycles. The molecule has 1 N–H and O–H groups in total. The van der Waals surface area contributed by atoms with E-state index in [-0.39, 0.29) is 6.03 Å². The maximum absolute atomic E-state index is 12.5. The molecule has 110 valence electrons. The van der Waals surface area contributed by atoms with Gasteiger partial charge in [0.1, 0.15) is 0 Å². The van der Waals surface area contributed by atoms with E-state index < -0.39 is 0 Å². The lowest BCUT2D eigenvalue weighted by molar-refractivity contribution is 0.248. The molecule has 0 unspecified atom stereocenters. The first-order valence-electron chi connectivity index (χ1n) is 7.36. The molecular weight excluding hydrogens is 260 g/mol. The first kappa shape index (κ1) is 15.1. The van der Waals surface area contributed by atoms with Crippen molar-refractivity contribution in [2.24, 2.45) is 5.92 Å². The van der Waals surface area contributed by atoms with E-state index in [0.717, 1.165) is 17.8 Å². The van der Waals surface area contributed by atoms with Gasteiger partial charge >= 0.3 is 6.03 Å². The fourth-order valence-corrected chi connectivity index (χ4v) is 2.08. The Morgan fingerprint density at radius 2 is 1.43 bits per heavy atom. The summed E-state index contributed by atoms with van der Waals surface area (Å²) in [5.41, 5.74) is 1.73. The Kier molecular flexibility index (Phi) is 5.38. The lowest BCUT2D eigenvalue weighted by Crippen LogP contribution is -2.37. The van der Waals surface area contributed by atoms with Crippen LogP contribution in [0.3, 0.4) is 0 Å². The average Bonchev–Trinajstić information content (AvgIpc) is 2.49. The smallest absolute Gasteiger partial charge is 0.326 e. The number of carbonyl (C=O) groups is 1. The largest absolute Gasteiger partial charge is 0.337 e. The van der Waals surface area contributed by atoms with Gasteiger partial charge < -0.3 is 5.32 Å². The minimum Gasteiger partial charge on any atom is -0.337 e. The molecule has 2 aromatic carbocycles. The maximum atomic E-state index is 12.5. The fourth-order valence-electron chi connectivity index (χ4n) is 2.08. The Hall–Kier alpha value is -2.29. The number of carbonyl (C=O) groups excluding carboxylic acids is 1. The van der Waals surface area contributed by atoms with E-state index in [1.54, 1.807) is 4.90 Å². The van der Waals surface area contributed by atoms with Crippen LogP contribution < -0.4 is 10.2 Å². The summed E-state index contributed by atoms with van der Waals surface area (Å²) in [7, 11) is 0. The van der Waals surface area contributed by atoms with E-state index >= 15 is 0 Å². The highest BCUT2D eigenvalue weighted by atomic mass is 16.2. The lowest BCUT2D eigenvalue weighted by atomic mass is 10.1. The van der Waals surface area contributed by atoms with Crippen LogP contribution in [0.4, 0.5) is 16.2 Å². The van der Waals surface area contributed by atoms with Crippen molar-refractivity contribution in [3.8, 4) is 0 Å². The summed E-state index contributed by atoms with van der Waals surface area (Å²) in [6, 6.07) is 19.3. The van der Waals surface area contributed by atoms with E-state index in [1.807, 2.05) is 60.7 Å². The molecule has 0 atom stereocenters. The fraction of sp³-hybridized carbons (Fsp3) is 0.278. The van der Waals surface area contributed by atoms with Crippen molar-refractivity contribution in [2.45, 2.75) is 20.3 Å². The zero-order valence-corrected chi connectivity index (χ0v) is 12.6. The van der Waals surface area contributed by atoms with Crippen molar-refractivity contribution >= 4 is 17.4 Å². The lowest BCUT2D eigenvalue weighted by Gasteiger charge is -2.23. The van der Waals surface area contributed by atoms with Gasteiger partial charge in [0, 0.05) is 6.54 Å². The summed E-state index contributed by atoms with van der Waals surface area (Å²) >= 11 is 0. The van der Waals surface area contributed by atoms with Crippen LogP contribution in [-0.2, 0) is 0 Å². The highest BCUT2D eigenvalue weighted by Crippen LogP contribution is 2.24. The van der Waals surface area contributed by atoms with Crippen molar-refractivity contribution in [3.63, 3.8) is 0 Å². The van der Waals surface area contributed by atoms with Crippen LogP contribution in [0, 0.1) is 5.92 Å². The van der Waals surface area contributed by atoms with Gasteiger partial charge in [0.2, 0.25) is 0 Å². The SMILES string of the molecule is CC(C)CCNC(=O)N(c1ccccc1)c1ccccc1. The number of para-hydroxylation sites is 2. The Bertz CT molecular complexity index is 512. The normalized spacial score (nSPS) is 10.4. The molecule has 2 amide bonds. The summed E-state index contributed by atoms with van der Waals surface area (Å²) in [5, 5.41) is 3.00. The average molecular weight is 282 g/mol. The third-order valence-corrected chi connectivity index (χ3v) is 3.23. The van der Waals surface area contributed by atoms with Gasteiger partial charge in [0.05, 0.1) is 11.4 Å². The van der Waals surface area contributed by atoms with Gasteiger partial charge in [-0.1, -0.05) is 50.2 Å². The molecule has 21 heavy (non-hydrogen) atoms. The van der Waals surface area contributed by atoms with Crippen LogP contribution in [0.5, 0.6) is 0 Å². The predicted molar refractivity (Wildman–Crippen MR) is 87.9 cm³/mol. The standard InChI is InChI=1S/C18H22N2O/c1-15(2)13-14-19-18(21)20(16-9-5-3-6-10-16)17-11-7-4-8-12-17/h3-12,15H,13-14H2,1-2H3,(H,19,21). The van der Waals surface area contributed by atoms with Crippen molar-refractivity contribution in [1.29, 1.82) is 0 Å². The van der Waals surface area contributed by atoms with E-state index in [1.165, 1.54) is 0 Å². The number of urea groups is 1. The van der Waals surface area contributed by atoms with Crippen molar-refractivity contribution in [1.82, 2.24) is 5.32 Å². The number of benzene rings is 2. The minimum atomic E-state index is -0.0898. The molecule has 0 bridgehead atoms. The van der Waals surface area contributed by atoms with Crippen LogP contribution in [0.2, 0.25) is 0 Å². The highest BCUT2D eigenvalue weighted by molar-refractivity contribution is 5.99. The molecule has 0 aliphatic carbocycles. The monoisotopic (exact) mass is 282 g/mol. The Morgan fingerprint density at radius 1 is 0.952 bits per heavy atom. The molecule has 2 rings (SSSR count). The summed E-state index contributed by atoms with van der Waals surface area (Å²) in [4.78, 5) is 14.2. The quantitative estimate of drug-likeness (QED) is 0.855. The molecule has 0 saturated heterocycles. The Labute approximate surface area is 126 Å². The second kappa shape index (κ2) is 7.48. The molecule has 3 nitrogen and oxygen atoms in total. The second-order valence-corrected chi connectivity index (χ2v) is 5.42. The molecule has 0 fully saturated rings. The van der Waals surface area contributed by atoms with Gasteiger partial charge in [-0.2, -0.15) is 0 Å². The molecule has 3 heteroatoms. The van der Waals surface area contributed by atoms with Gasteiger partial charge in [-0.3, -0.25) is 4.90 Å². The number of hydrogen-bond acceptors (Lipinski definition) is 1. The van der Waals surface area contributed by atoms with E-state index in [9.17, 15) is 4.79 Å². The van der Waals surface area contributed by atoms with E-state index in [2.05, 4.69) is 19.2 Å². The first-order valence-corrected chi connectivity index (χ1v) is 7.36. The highest BCUT2D eigenvalue weighted by Gasteiger charge is 2.16. The van der Waals surface area contributed by atoms with Crippen LogP contribution in [0.25, 0.3) is 0 Å². The summed E-state index contributed by atoms with van der Waals surface area (Å²) in [6.45, 7) is 4.99. The Morgan fingerprint density at radius 3 is 1.86 bits per heavy atom. The zero-order valence-electron chi connectivity index (χ0n) is 12.6. The topological polar surface area (TPSA) is 32.3 Å². The summed E-state index contributed by atoms with van der Waals surface area (Å²) < 4.78 is 0. The third-order valence-electron chi connectivity index (χ3n) is 3.23. The molecule has 0 radical (unpaired) electrons. The van der Waals surface area contributed by atoms with Gasteiger partial charge in [-0.15, -0.1) is 0 Å². The van der Waals surface area contributed by atoms with E-state index in [4.69, 9.17) is 0 Å². The predicted octanol–water partition coefficient (Wildman–Crippen LogP) is 4.58. The van der Waals surface area contributed by atoms with Crippen LogP contribution in [-0.4, -0.2) is 12.6 Å². The first-order chi connectivity index (χ1) is 10.2. The van der Waals surface area contributed by atoms with Crippen LogP contribution in [0.1, 0.15) is 20.3 Å². The molecular formula is C18H22N2O. The van der Waals surface area contributed by atoms with Crippen molar-refractivity contribution in [2.75, 3.05) is 11.4 Å². The number of nitrogens with zero attached hydrogens (tertiary/aromatic N) is 1. The second-order valence-electron chi connectivity index (χ2n) is 5.42. The third kappa shape index (κ3) is 4.35.